The minimum Gasteiger partial charge on any atom is -0.494 e. The third-order valence-electron chi connectivity index (χ3n) is 4.10. The van der Waals surface area contributed by atoms with Crippen LogP contribution in [0.15, 0.2) is 42.5 Å². The largest absolute Gasteiger partial charge is 0.494 e. The molecule has 0 aromatic heterocycles. The van der Waals surface area contributed by atoms with Crippen molar-refractivity contribution in [1.82, 2.24) is 4.90 Å². The van der Waals surface area contributed by atoms with E-state index in [0.717, 1.165) is 6.42 Å². The van der Waals surface area contributed by atoms with E-state index in [2.05, 4.69) is 6.07 Å². The third-order valence-corrected chi connectivity index (χ3v) is 4.10. The van der Waals surface area contributed by atoms with E-state index in [9.17, 15) is 14.9 Å². The maximum atomic E-state index is 12.5. The molecule has 0 unspecified atom stereocenters. The Morgan fingerprint density at radius 1 is 1.18 bits per heavy atom. The molecule has 0 N–H and O–H groups in total. The summed E-state index contributed by atoms with van der Waals surface area (Å²) in [4.78, 5) is 25.1. The van der Waals surface area contributed by atoms with E-state index in [1.807, 2.05) is 6.92 Å². The molecule has 0 atom stereocenters. The zero-order valence-electron chi connectivity index (χ0n) is 16.2. The van der Waals surface area contributed by atoms with Gasteiger partial charge < -0.3 is 14.4 Å². The van der Waals surface area contributed by atoms with Gasteiger partial charge in [-0.1, -0.05) is 25.1 Å². The van der Waals surface area contributed by atoms with E-state index in [0.29, 0.717) is 60.7 Å². The smallest absolute Gasteiger partial charge is 0.254 e. The summed E-state index contributed by atoms with van der Waals surface area (Å²) in [7, 11) is 1.69. The number of amides is 1. The number of hydrogen-bond acceptors (Lipinski definition) is 5. The average molecular weight is 380 g/mol. The topological polar surface area (TPSA) is 79.6 Å². The predicted molar refractivity (Wildman–Crippen MR) is 106 cm³/mol. The molecule has 146 valence electrons. The molecule has 2 aromatic rings. The van der Waals surface area contributed by atoms with Crippen molar-refractivity contribution in [1.29, 1.82) is 5.26 Å². The first-order chi connectivity index (χ1) is 13.6. The molecular formula is C22H24N2O4. The molecule has 0 aliphatic heterocycles. The van der Waals surface area contributed by atoms with Gasteiger partial charge >= 0.3 is 0 Å². The van der Waals surface area contributed by atoms with E-state index in [-0.39, 0.29) is 5.91 Å². The number of aldehydes is 1. The maximum absolute atomic E-state index is 12.5. The molecule has 0 radical (unpaired) electrons. The van der Waals surface area contributed by atoms with Crippen molar-refractivity contribution in [2.24, 2.45) is 0 Å². The molecule has 0 aliphatic carbocycles. The van der Waals surface area contributed by atoms with Gasteiger partial charge in [0.25, 0.3) is 5.91 Å². The lowest BCUT2D eigenvalue weighted by Gasteiger charge is -2.18. The van der Waals surface area contributed by atoms with Crippen LogP contribution in [-0.2, 0) is 0 Å². The van der Waals surface area contributed by atoms with Gasteiger partial charge in [0.15, 0.2) is 6.29 Å². The number of benzene rings is 2. The molecule has 2 rings (SSSR count). The summed E-state index contributed by atoms with van der Waals surface area (Å²) < 4.78 is 11.2. The summed E-state index contributed by atoms with van der Waals surface area (Å²) in [5, 5.41) is 9.29. The highest BCUT2D eigenvalue weighted by molar-refractivity contribution is 6.01. The van der Waals surface area contributed by atoms with Gasteiger partial charge in [-0.25, -0.2) is 0 Å². The van der Waals surface area contributed by atoms with Gasteiger partial charge in [-0.15, -0.1) is 0 Å². The molecule has 0 spiro atoms. The quantitative estimate of drug-likeness (QED) is 0.464. The van der Waals surface area contributed by atoms with Crippen molar-refractivity contribution >= 4 is 12.2 Å². The number of ether oxygens (including phenoxy) is 2. The Morgan fingerprint density at radius 3 is 2.68 bits per heavy atom. The van der Waals surface area contributed by atoms with Crippen molar-refractivity contribution in [2.45, 2.75) is 19.8 Å². The van der Waals surface area contributed by atoms with Gasteiger partial charge in [-0.3, -0.25) is 9.59 Å². The normalized spacial score (nSPS) is 10.0. The summed E-state index contributed by atoms with van der Waals surface area (Å²) in [5.41, 5.74) is 1.17. The summed E-state index contributed by atoms with van der Waals surface area (Å²) in [5.74, 6) is 0.925. The van der Waals surface area contributed by atoms with Crippen LogP contribution in [0, 0.1) is 11.3 Å². The van der Waals surface area contributed by atoms with E-state index in [1.54, 1.807) is 54.4 Å². The van der Waals surface area contributed by atoms with Crippen LogP contribution in [0.4, 0.5) is 0 Å². The fourth-order valence-corrected chi connectivity index (χ4v) is 2.62. The fourth-order valence-electron chi connectivity index (χ4n) is 2.62. The number of rotatable bonds is 10. The molecule has 1 amide bonds. The van der Waals surface area contributed by atoms with Crippen molar-refractivity contribution in [3.05, 3.63) is 59.2 Å². The van der Waals surface area contributed by atoms with Crippen LogP contribution in [0.2, 0.25) is 0 Å². The average Bonchev–Trinajstić information content (AvgIpc) is 2.74. The zero-order valence-corrected chi connectivity index (χ0v) is 16.2. The zero-order chi connectivity index (χ0) is 20.4. The van der Waals surface area contributed by atoms with E-state index in [1.165, 1.54) is 0 Å². The minimum atomic E-state index is -0.210. The molecule has 6 heteroatoms. The standard InChI is InChI=1S/C22H24N2O4/c1-3-12-27-19-9-10-21(18(14-19)15-23)28-13-6-11-24(2)22(26)20-8-5-4-7-17(20)16-25/h4-5,7-10,14,16H,3,6,11-13H2,1-2H3. The first-order valence-electron chi connectivity index (χ1n) is 9.20. The lowest BCUT2D eigenvalue weighted by molar-refractivity contribution is 0.0784. The Hall–Kier alpha value is -3.33. The highest BCUT2D eigenvalue weighted by Gasteiger charge is 2.15. The Bertz CT molecular complexity index is 858. The molecule has 0 fully saturated rings. The fraction of sp³-hybridized carbons (Fsp3) is 0.318. The molecule has 0 heterocycles. The molecule has 2 aromatic carbocycles. The third kappa shape index (κ3) is 5.58. The highest BCUT2D eigenvalue weighted by atomic mass is 16.5. The summed E-state index contributed by atoms with van der Waals surface area (Å²) in [6, 6.07) is 14.0. The number of carbonyl (C=O) groups excluding carboxylic acids is 2. The predicted octanol–water partition coefficient (Wildman–Crippen LogP) is 3.70. The van der Waals surface area contributed by atoms with Gasteiger partial charge in [-0.05, 0) is 31.0 Å². The van der Waals surface area contributed by atoms with Gasteiger partial charge in [-0.2, -0.15) is 5.26 Å². The second kappa shape index (κ2) is 10.7. The first kappa shape index (κ1) is 21.0. The Balaban J connectivity index is 1.87. The molecule has 0 bridgehead atoms. The molecular weight excluding hydrogens is 356 g/mol. The van der Waals surface area contributed by atoms with Crippen LogP contribution in [0.5, 0.6) is 11.5 Å². The van der Waals surface area contributed by atoms with Crippen LogP contribution >= 0.6 is 0 Å². The first-order valence-corrected chi connectivity index (χ1v) is 9.20. The van der Waals surface area contributed by atoms with Crippen LogP contribution in [0.3, 0.4) is 0 Å². The monoisotopic (exact) mass is 380 g/mol. The molecule has 28 heavy (non-hydrogen) atoms. The Morgan fingerprint density at radius 2 is 1.96 bits per heavy atom. The molecule has 0 aliphatic rings. The van der Waals surface area contributed by atoms with Crippen LogP contribution in [0.1, 0.15) is 46.0 Å². The summed E-state index contributed by atoms with van der Waals surface area (Å²) in [6.07, 6.45) is 2.16. The van der Waals surface area contributed by atoms with E-state index in [4.69, 9.17) is 9.47 Å². The molecule has 0 saturated carbocycles. The maximum Gasteiger partial charge on any atom is 0.254 e. The lowest BCUT2D eigenvalue weighted by atomic mass is 10.1. The Labute approximate surface area is 165 Å². The van der Waals surface area contributed by atoms with Crippen LogP contribution in [0.25, 0.3) is 0 Å². The van der Waals surface area contributed by atoms with Gasteiger partial charge in [0.05, 0.1) is 24.3 Å². The lowest BCUT2D eigenvalue weighted by Crippen LogP contribution is -2.29. The van der Waals surface area contributed by atoms with Crippen molar-refractivity contribution < 1.29 is 19.1 Å². The number of carbonyl (C=O) groups is 2. The summed E-state index contributed by atoms with van der Waals surface area (Å²) >= 11 is 0. The highest BCUT2D eigenvalue weighted by Crippen LogP contribution is 2.24. The Kier molecular flexibility index (Phi) is 8.04. The van der Waals surface area contributed by atoms with Crippen molar-refractivity contribution in [3.8, 4) is 17.6 Å². The van der Waals surface area contributed by atoms with Gasteiger partial charge in [0.2, 0.25) is 0 Å². The number of nitriles is 1. The summed E-state index contributed by atoms with van der Waals surface area (Å²) in [6.45, 7) is 3.43. The van der Waals surface area contributed by atoms with Crippen LogP contribution < -0.4 is 9.47 Å². The number of nitrogens with zero attached hydrogens (tertiary/aromatic N) is 2. The molecule has 0 saturated heterocycles. The second-order valence-corrected chi connectivity index (χ2v) is 6.25. The number of hydrogen-bond donors (Lipinski definition) is 0. The van der Waals surface area contributed by atoms with Crippen LogP contribution in [-0.4, -0.2) is 43.9 Å². The van der Waals surface area contributed by atoms with E-state index >= 15 is 0 Å². The minimum absolute atomic E-state index is 0.210. The second-order valence-electron chi connectivity index (χ2n) is 6.25. The SMILES string of the molecule is CCCOc1ccc(OCCCN(C)C(=O)c2ccccc2C=O)c(C#N)c1. The van der Waals surface area contributed by atoms with E-state index < -0.39 is 0 Å². The van der Waals surface area contributed by atoms with Gasteiger partial charge in [0, 0.05) is 25.2 Å². The van der Waals surface area contributed by atoms with Crippen molar-refractivity contribution in [3.63, 3.8) is 0 Å². The van der Waals surface area contributed by atoms with Crippen molar-refractivity contribution in [2.75, 3.05) is 26.8 Å². The van der Waals surface area contributed by atoms with Gasteiger partial charge in [0.1, 0.15) is 17.6 Å². The molecule has 6 nitrogen and oxygen atoms in total.